The molecule has 5 nitrogen and oxygen atoms in total. The van der Waals surface area contributed by atoms with Crippen molar-refractivity contribution in [3.05, 3.63) is 164 Å². The summed E-state index contributed by atoms with van der Waals surface area (Å²) in [6, 6.07) is 38.3. The number of furan rings is 2. The number of hydrogen-bond donors (Lipinski definition) is 0. The van der Waals surface area contributed by atoms with E-state index in [9.17, 15) is 5.48 Å². The van der Waals surface area contributed by atoms with E-state index in [-0.39, 0.29) is 75.1 Å². The molecule has 0 saturated heterocycles. The first-order chi connectivity index (χ1) is 27.3. The lowest BCUT2D eigenvalue weighted by atomic mass is 9.98. The maximum Gasteiger partial charge on any atom is 0.164 e. The second-order valence-corrected chi connectivity index (χ2v) is 11.9. The van der Waals surface area contributed by atoms with Crippen molar-refractivity contribution in [1.82, 2.24) is 15.0 Å². The molecule has 10 aromatic rings. The van der Waals surface area contributed by atoms with Crippen LogP contribution in [0.2, 0.25) is 0 Å². The molecule has 0 N–H and O–H groups in total. The molecule has 0 fully saturated rings. The lowest BCUT2D eigenvalue weighted by Crippen LogP contribution is -2.00. The van der Waals surface area contributed by atoms with Gasteiger partial charge in [0.1, 0.15) is 22.3 Å². The van der Waals surface area contributed by atoms with Crippen molar-refractivity contribution in [3.63, 3.8) is 0 Å². The lowest BCUT2D eigenvalue weighted by molar-refractivity contribution is 0.668. The Kier molecular flexibility index (Phi) is 5.17. The molecule has 3 heterocycles. The first-order valence-corrected chi connectivity index (χ1v) is 16.1. The lowest BCUT2D eigenvalue weighted by Gasteiger charge is -2.08. The van der Waals surface area contributed by atoms with Crippen LogP contribution in [0.3, 0.4) is 0 Å². The van der Waals surface area contributed by atoms with E-state index in [2.05, 4.69) is 0 Å². The van der Waals surface area contributed by atoms with Crippen molar-refractivity contribution in [2.45, 2.75) is 0 Å². The second-order valence-electron chi connectivity index (χ2n) is 11.9. The smallest absolute Gasteiger partial charge is 0.164 e. The van der Waals surface area contributed by atoms with E-state index in [1.165, 1.54) is 0 Å². The monoisotopic (exact) mass is 647 g/mol. The van der Waals surface area contributed by atoms with Gasteiger partial charge in [-0.1, -0.05) is 109 Å². The zero-order valence-corrected chi connectivity index (χ0v) is 26.3. The van der Waals surface area contributed by atoms with Crippen LogP contribution in [0.25, 0.3) is 100 Å². The van der Waals surface area contributed by atoms with Gasteiger partial charge in [0.05, 0.1) is 8.22 Å². The summed E-state index contributed by atoms with van der Waals surface area (Å²) in [7, 11) is 0. The van der Waals surface area contributed by atoms with Gasteiger partial charge in [-0.15, -0.1) is 0 Å². The van der Waals surface area contributed by atoms with Crippen molar-refractivity contribution in [2.75, 3.05) is 0 Å². The fraction of sp³-hybridized carbons (Fsp3) is 0. The van der Waals surface area contributed by atoms with Gasteiger partial charge in [0.25, 0.3) is 0 Å². The number of rotatable bonds is 5. The molecule has 0 spiro atoms. The van der Waals surface area contributed by atoms with Crippen LogP contribution in [-0.2, 0) is 0 Å². The Morgan fingerprint density at radius 3 is 1.78 bits per heavy atom. The van der Waals surface area contributed by atoms with Crippen molar-refractivity contribution in [3.8, 4) is 56.4 Å². The number of nitrogens with zero attached hydrogens (tertiary/aromatic N) is 3. The molecule has 7 aromatic carbocycles. The molecule has 0 aliphatic heterocycles. The molecule has 0 radical (unpaired) electrons. The van der Waals surface area contributed by atoms with Crippen LogP contribution < -0.4 is 0 Å². The molecule has 0 atom stereocenters. The number of para-hydroxylation sites is 1. The van der Waals surface area contributed by atoms with Gasteiger partial charge < -0.3 is 8.83 Å². The van der Waals surface area contributed by atoms with Gasteiger partial charge >= 0.3 is 0 Å². The standard InChI is InChI=1S/C45H27N3O2/c1-3-10-28(11-4-1)30-14-9-15-31(24-30)32-19-22-41-37(25-32)36-21-18-34(27-42(36)50-41)45-47-43(29-12-5-2-6-13-29)46-44(48-45)33-20-23-40-38(26-33)35-16-7-8-17-39(35)49-40/h1-27H/i18D,19D,21D,22D,25D,27D. The summed E-state index contributed by atoms with van der Waals surface area (Å²) in [5.74, 6) is 0.591. The van der Waals surface area contributed by atoms with Crippen LogP contribution in [0.15, 0.2) is 172 Å². The summed E-state index contributed by atoms with van der Waals surface area (Å²) in [5, 5.41) is 1.95. The maximum atomic E-state index is 9.43. The SMILES string of the molecule is [2H]c1c(-c2cccc(-c3ccccc3)c2)c([2H])c2c(oc3c([2H])c(-c4nc(-c5ccccc5)nc(-c5ccc6oc7ccccc7c6c5)n4)c([2H])c([2H])c32)c1[2H]. The van der Waals surface area contributed by atoms with E-state index >= 15 is 0 Å². The van der Waals surface area contributed by atoms with E-state index in [0.717, 1.165) is 27.5 Å². The highest BCUT2D eigenvalue weighted by molar-refractivity contribution is 6.08. The maximum absolute atomic E-state index is 9.43. The molecule has 0 saturated carbocycles. The zero-order valence-electron chi connectivity index (χ0n) is 32.3. The van der Waals surface area contributed by atoms with Gasteiger partial charge in [-0.25, -0.2) is 15.0 Å². The van der Waals surface area contributed by atoms with Gasteiger partial charge in [-0.2, -0.15) is 0 Å². The predicted octanol–water partition coefficient (Wildman–Crippen LogP) is 12.0. The topological polar surface area (TPSA) is 65.0 Å². The quantitative estimate of drug-likeness (QED) is 0.186. The highest BCUT2D eigenvalue weighted by Crippen LogP contribution is 2.37. The first-order valence-electron chi connectivity index (χ1n) is 19.1. The van der Waals surface area contributed by atoms with E-state index < -0.39 is 0 Å². The molecule has 0 aliphatic carbocycles. The molecule has 234 valence electrons. The molecule has 0 amide bonds. The van der Waals surface area contributed by atoms with Crippen molar-refractivity contribution >= 4 is 43.9 Å². The number of fused-ring (bicyclic) bond motifs is 6. The molecule has 0 unspecified atom stereocenters. The number of aromatic nitrogens is 3. The van der Waals surface area contributed by atoms with E-state index in [1.807, 2.05) is 121 Å². The summed E-state index contributed by atoms with van der Waals surface area (Å²) in [6.45, 7) is 0. The summed E-state index contributed by atoms with van der Waals surface area (Å²) in [5.41, 5.74) is 5.13. The first kappa shape index (κ1) is 22.7. The summed E-state index contributed by atoms with van der Waals surface area (Å²) in [6.07, 6.45) is 0. The molecule has 50 heavy (non-hydrogen) atoms. The summed E-state index contributed by atoms with van der Waals surface area (Å²) < 4.78 is 67.6. The molecular weight excluding hydrogens is 615 g/mol. The third-order valence-electron chi connectivity index (χ3n) is 8.79. The van der Waals surface area contributed by atoms with E-state index in [0.29, 0.717) is 33.9 Å². The third-order valence-corrected chi connectivity index (χ3v) is 8.79. The second kappa shape index (κ2) is 11.4. The van der Waals surface area contributed by atoms with Gasteiger partial charge in [-0.05, 0) is 76.8 Å². The van der Waals surface area contributed by atoms with Gasteiger partial charge in [0, 0.05) is 38.2 Å². The Bertz CT molecular complexity index is 3220. The largest absolute Gasteiger partial charge is 0.456 e. The molecular formula is C45H27N3O2. The Labute approximate surface area is 295 Å². The molecule has 10 rings (SSSR count). The highest BCUT2D eigenvalue weighted by atomic mass is 16.3. The average molecular weight is 648 g/mol. The minimum absolute atomic E-state index is 0.00588. The predicted molar refractivity (Wildman–Crippen MR) is 202 cm³/mol. The van der Waals surface area contributed by atoms with Crippen LogP contribution >= 0.6 is 0 Å². The van der Waals surface area contributed by atoms with Gasteiger partial charge in [0.2, 0.25) is 0 Å². The van der Waals surface area contributed by atoms with E-state index in [4.69, 9.17) is 26.5 Å². The average Bonchev–Trinajstić information content (AvgIpc) is 3.83. The minimum atomic E-state index is -0.342. The summed E-state index contributed by atoms with van der Waals surface area (Å²) >= 11 is 0. The Hall–Kier alpha value is -6.85. The van der Waals surface area contributed by atoms with Gasteiger partial charge in [0.15, 0.2) is 17.5 Å². The van der Waals surface area contributed by atoms with Crippen molar-refractivity contribution in [2.24, 2.45) is 0 Å². The van der Waals surface area contributed by atoms with Crippen LogP contribution in [0.4, 0.5) is 0 Å². The highest BCUT2D eigenvalue weighted by Gasteiger charge is 2.16. The fourth-order valence-corrected chi connectivity index (χ4v) is 6.33. The fourth-order valence-electron chi connectivity index (χ4n) is 6.33. The van der Waals surface area contributed by atoms with E-state index in [1.54, 1.807) is 6.07 Å². The number of benzene rings is 7. The molecule has 3 aromatic heterocycles. The minimum Gasteiger partial charge on any atom is -0.456 e. The Balaban J connectivity index is 1.19. The van der Waals surface area contributed by atoms with Crippen LogP contribution in [0.5, 0.6) is 0 Å². The number of hydrogen-bond acceptors (Lipinski definition) is 5. The Morgan fingerprint density at radius 2 is 0.960 bits per heavy atom. The van der Waals surface area contributed by atoms with Crippen molar-refractivity contribution < 1.29 is 17.1 Å². The van der Waals surface area contributed by atoms with Crippen LogP contribution in [0.1, 0.15) is 8.22 Å². The normalized spacial score (nSPS) is 13.3. The molecule has 0 aliphatic rings. The third kappa shape index (κ3) is 4.83. The van der Waals surface area contributed by atoms with Crippen LogP contribution in [0, 0.1) is 0 Å². The molecule has 5 heteroatoms. The molecule has 0 bridgehead atoms. The zero-order chi connectivity index (χ0) is 38.2. The summed E-state index contributed by atoms with van der Waals surface area (Å²) in [4.78, 5) is 14.4. The van der Waals surface area contributed by atoms with Crippen molar-refractivity contribution in [1.29, 1.82) is 0 Å². The van der Waals surface area contributed by atoms with Gasteiger partial charge in [-0.3, -0.25) is 0 Å². The van der Waals surface area contributed by atoms with Crippen LogP contribution in [-0.4, -0.2) is 15.0 Å². The Morgan fingerprint density at radius 1 is 0.340 bits per heavy atom.